The Morgan fingerprint density at radius 2 is 1.68 bits per heavy atom. The second-order valence-corrected chi connectivity index (χ2v) is 7.92. The molecule has 1 atom stereocenters. The third-order valence-corrected chi connectivity index (χ3v) is 4.82. The third-order valence-electron chi connectivity index (χ3n) is 4.82. The predicted molar refractivity (Wildman–Crippen MR) is 101 cm³/mol. The highest BCUT2D eigenvalue weighted by Crippen LogP contribution is 2.30. The smallest absolute Gasteiger partial charge is 0.229 e. The largest absolute Gasteiger partial charge is 0.326 e. The maximum absolute atomic E-state index is 14.0. The maximum Gasteiger partial charge on any atom is 0.229 e. The van der Waals surface area contributed by atoms with E-state index in [0.29, 0.717) is 5.69 Å². The lowest BCUT2D eigenvalue weighted by atomic mass is 9.87. The highest BCUT2D eigenvalue weighted by molar-refractivity contribution is 6.03. The fourth-order valence-electron chi connectivity index (χ4n) is 3.14. The first-order chi connectivity index (χ1) is 13.1. The Labute approximate surface area is 161 Å². The molecule has 4 nitrogen and oxygen atoms in total. The highest BCUT2D eigenvalue weighted by atomic mass is 19.2. The molecule has 1 aliphatic heterocycles. The zero-order chi connectivity index (χ0) is 20.6. The normalized spacial score (nSPS) is 17.1. The van der Waals surface area contributed by atoms with E-state index in [-0.39, 0.29) is 30.0 Å². The SMILES string of the molecule is CC(C)(C)c1ccc(NC(=O)C2CC(=O)N(c3ccc(F)c(F)c3F)C2)cc1. The van der Waals surface area contributed by atoms with E-state index in [1.165, 1.54) is 0 Å². The van der Waals surface area contributed by atoms with Gasteiger partial charge in [0.1, 0.15) is 0 Å². The summed E-state index contributed by atoms with van der Waals surface area (Å²) in [7, 11) is 0. The molecule has 1 unspecified atom stereocenters. The molecule has 0 aromatic heterocycles. The average Bonchev–Trinajstić information content (AvgIpc) is 3.01. The third kappa shape index (κ3) is 3.88. The Morgan fingerprint density at radius 3 is 2.29 bits per heavy atom. The summed E-state index contributed by atoms with van der Waals surface area (Å²) >= 11 is 0. The molecule has 0 spiro atoms. The number of carbonyl (C=O) groups excluding carboxylic acids is 2. The fourth-order valence-corrected chi connectivity index (χ4v) is 3.14. The summed E-state index contributed by atoms with van der Waals surface area (Å²) in [6, 6.07) is 9.14. The van der Waals surface area contributed by atoms with Gasteiger partial charge in [-0.1, -0.05) is 32.9 Å². The van der Waals surface area contributed by atoms with Crippen LogP contribution in [0.15, 0.2) is 36.4 Å². The van der Waals surface area contributed by atoms with Gasteiger partial charge >= 0.3 is 0 Å². The molecule has 1 heterocycles. The molecule has 3 rings (SSSR count). The zero-order valence-corrected chi connectivity index (χ0v) is 15.9. The first kappa shape index (κ1) is 19.9. The maximum atomic E-state index is 14.0. The van der Waals surface area contributed by atoms with Crippen molar-refractivity contribution in [1.29, 1.82) is 0 Å². The number of benzene rings is 2. The summed E-state index contributed by atoms with van der Waals surface area (Å²) in [5.74, 6) is -6.04. The van der Waals surface area contributed by atoms with Gasteiger partial charge in [-0.05, 0) is 35.2 Å². The van der Waals surface area contributed by atoms with Crippen LogP contribution in [0, 0.1) is 23.4 Å². The molecule has 1 saturated heterocycles. The summed E-state index contributed by atoms with van der Waals surface area (Å²) in [5, 5.41) is 2.74. The van der Waals surface area contributed by atoms with Crippen molar-refractivity contribution in [3.05, 3.63) is 59.4 Å². The van der Waals surface area contributed by atoms with Crippen LogP contribution in [-0.4, -0.2) is 18.4 Å². The van der Waals surface area contributed by atoms with Gasteiger partial charge in [-0.2, -0.15) is 0 Å². The molecule has 2 aromatic carbocycles. The van der Waals surface area contributed by atoms with Crippen molar-refractivity contribution in [3.63, 3.8) is 0 Å². The fraction of sp³-hybridized carbons (Fsp3) is 0.333. The van der Waals surface area contributed by atoms with Crippen molar-refractivity contribution < 1.29 is 22.8 Å². The number of halogens is 3. The van der Waals surface area contributed by atoms with E-state index < -0.39 is 29.3 Å². The van der Waals surface area contributed by atoms with Crippen molar-refractivity contribution in [1.82, 2.24) is 0 Å². The van der Waals surface area contributed by atoms with E-state index in [4.69, 9.17) is 0 Å². The Morgan fingerprint density at radius 1 is 1.04 bits per heavy atom. The van der Waals surface area contributed by atoms with E-state index in [9.17, 15) is 22.8 Å². The van der Waals surface area contributed by atoms with Gasteiger partial charge in [0.05, 0.1) is 11.6 Å². The van der Waals surface area contributed by atoms with Gasteiger partial charge in [0, 0.05) is 18.7 Å². The quantitative estimate of drug-likeness (QED) is 0.790. The average molecular weight is 390 g/mol. The highest BCUT2D eigenvalue weighted by Gasteiger charge is 2.37. The number of amides is 2. The minimum atomic E-state index is -1.64. The predicted octanol–water partition coefficient (Wildman–Crippen LogP) is 4.39. The Kier molecular flexibility index (Phi) is 5.19. The van der Waals surface area contributed by atoms with Crippen LogP contribution in [0.3, 0.4) is 0 Å². The van der Waals surface area contributed by atoms with Gasteiger partial charge in [0.25, 0.3) is 0 Å². The van der Waals surface area contributed by atoms with Crippen LogP contribution in [0.25, 0.3) is 0 Å². The van der Waals surface area contributed by atoms with Crippen LogP contribution in [0.1, 0.15) is 32.8 Å². The van der Waals surface area contributed by atoms with Crippen LogP contribution in [0.2, 0.25) is 0 Å². The summed E-state index contributed by atoms with van der Waals surface area (Å²) in [4.78, 5) is 25.7. The molecular formula is C21H21F3N2O2. The first-order valence-electron chi connectivity index (χ1n) is 8.93. The lowest BCUT2D eigenvalue weighted by molar-refractivity contribution is -0.122. The van der Waals surface area contributed by atoms with Crippen molar-refractivity contribution in [2.75, 3.05) is 16.8 Å². The number of hydrogen-bond donors (Lipinski definition) is 1. The molecule has 7 heteroatoms. The van der Waals surface area contributed by atoms with Crippen molar-refractivity contribution in [3.8, 4) is 0 Å². The standard InChI is InChI=1S/C21H21F3N2O2/c1-21(2,3)13-4-6-14(7-5-13)25-20(28)12-10-17(27)26(11-12)16-9-8-15(22)18(23)19(16)24/h4-9,12H,10-11H2,1-3H3,(H,25,28). The lowest BCUT2D eigenvalue weighted by Gasteiger charge is -2.19. The summed E-state index contributed by atoms with van der Waals surface area (Å²) in [6.45, 7) is 6.14. The number of rotatable bonds is 3. The van der Waals surface area contributed by atoms with E-state index in [1.54, 1.807) is 12.1 Å². The first-order valence-corrected chi connectivity index (χ1v) is 8.93. The molecule has 0 aliphatic carbocycles. The zero-order valence-electron chi connectivity index (χ0n) is 15.9. The van der Waals surface area contributed by atoms with Crippen LogP contribution >= 0.6 is 0 Å². The van der Waals surface area contributed by atoms with Gasteiger partial charge in [0.2, 0.25) is 11.8 Å². The van der Waals surface area contributed by atoms with E-state index in [0.717, 1.165) is 22.6 Å². The minimum Gasteiger partial charge on any atom is -0.326 e. The van der Waals surface area contributed by atoms with Crippen molar-refractivity contribution >= 4 is 23.2 Å². The van der Waals surface area contributed by atoms with E-state index in [2.05, 4.69) is 26.1 Å². The second kappa shape index (κ2) is 7.30. The molecule has 0 bridgehead atoms. The molecule has 28 heavy (non-hydrogen) atoms. The summed E-state index contributed by atoms with van der Waals surface area (Å²) < 4.78 is 40.6. The molecule has 1 aliphatic rings. The topological polar surface area (TPSA) is 49.4 Å². The van der Waals surface area contributed by atoms with Crippen LogP contribution in [0.5, 0.6) is 0 Å². The van der Waals surface area contributed by atoms with Gasteiger partial charge in [-0.3, -0.25) is 9.59 Å². The van der Waals surface area contributed by atoms with Gasteiger partial charge in [-0.15, -0.1) is 0 Å². The summed E-state index contributed by atoms with van der Waals surface area (Å²) in [6.07, 6.45) is -0.135. The number of carbonyl (C=O) groups is 2. The van der Waals surface area contributed by atoms with Crippen molar-refractivity contribution in [2.45, 2.75) is 32.6 Å². The lowest BCUT2D eigenvalue weighted by Crippen LogP contribution is -2.29. The Bertz CT molecular complexity index is 920. The molecule has 148 valence electrons. The molecule has 0 radical (unpaired) electrons. The molecule has 2 aromatic rings. The van der Waals surface area contributed by atoms with Gasteiger partial charge in [-0.25, -0.2) is 13.2 Å². The number of anilines is 2. The van der Waals surface area contributed by atoms with Gasteiger partial charge in [0.15, 0.2) is 17.5 Å². The molecule has 2 amide bonds. The molecule has 1 fully saturated rings. The Hall–Kier alpha value is -2.83. The van der Waals surface area contributed by atoms with Crippen LogP contribution < -0.4 is 10.2 Å². The number of nitrogens with zero attached hydrogens (tertiary/aromatic N) is 1. The minimum absolute atomic E-state index is 0.0184. The van der Waals surface area contributed by atoms with Crippen LogP contribution in [-0.2, 0) is 15.0 Å². The summed E-state index contributed by atoms with van der Waals surface area (Å²) in [5.41, 5.74) is 1.31. The number of nitrogens with one attached hydrogen (secondary N) is 1. The second-order valence-electron chi connectivity index (χ2n) is 7.92. The molecular weight excluding hydrogens is 369 g/mol. The van der Waals surface area contributed by atoms with E-state index >= 15 is 0 Å². The molecule has 0 saturated carbocycles. The molecule has 1 N–H and O–H groups in total. The van der Waals surface area contributed by atoms with Crippen molar-refractivity contribution in [2.24, 2.45) is 5.92 Å². The van der Waals surface area contributed by atoms with E-state index in [1.807, 2.05) is 12.1 Å². The Balaban J connectivity index is 1.71. The number of hydrogen-bond acceptors (Lipinski definition) is 2. The monoisotopic (exact) mass is 390 g/mol. The van der Waals surface area contributed by atoms with Crippen LogP contribution in [0.4, 0.5) is 24.5 Å². The van der Waals surface area contributed by atoms with Gasteiger partial charge < -0.3 is 10.2 Å².